The summed E-state index contributed by atoms with van der Waals surface area (Å²) < 4.78 is 153. The molecule has 12 rings (SSSR count). The maximum atomic E-state index is 13.7. The molecule has 0 saturated carbocycles. The molecule has 100 heavy (non-hydrogen) atoms. The van der Waals surface area contributed by atoms with Gasteiger partial charge in [0.1, 0.15) is 0 Å². The van der Waals surface area contributed by atoms with Crippen LogP contribution in [0, 0.1) is 11.8 Å². The molecule has 0 spiro atoms. The molecule has 8 N–H and O–H groups in total. The Morgan fingerprint density at radius 2 is 1.44 bits per heavy atom. The van der Waals surface area contributed by atoms with Crippen LogP contribution in [-0.2, 0) is 102 Å². The summed E-state index contributed by atoms with van der Waals surface area (Å²) in [7, 11) is -17.7. The first-order valence-electron chi connectivity index (χ1n) is 30.3. The molecule has 0 unspecified atom stereocenters. The Labute approximate surface area is 569 Å². The monoisotopic (exact) mass is 1490 g/mol. The molecular weight excluding hydrogens is 1430 g/mol. The third kappa shape index (κ3) is 14.4. The van der Waals surface area contributed by atoms with E-state index in [1.54, 1.807) is 42.5 Å². The van der Waals surface area contributed by atoms with Crippen LogP contribution in [0.1, 0.15) is 68.5 Å². The average Bonchev–Trinajstić information content (AvgIpc) is 1.34. The number of benzene rings is 7. The van der Waals surface area contributed by atoms with E-state index in [0.717, 1.165) is 66.0 Å². The van der Waals surface area contributed by atoms with E-state index in [9.17, 15) is 68.6 Å². The Balaban J connectivity index is 0.684. The van der Waals surface area contributed by atoms with Crippen molar-refractivity contribution >= 4 is 137 Å². The minimum atomic E-state index is -6.55. The number of carbonyl (C=O) groups is 2. The van der Waals surface area contributed by atoms with Crippen molar-refractivity contribution in [1.82, 2.24) is 20.2 Å². The fourth-order valence-electron chi connectivity index (χ4n) is 12.5. The number of rotatable bonds is 27. The maximum absolute atomic E-state index is 13.7. The number of H-pyrrole nitrogens is 1. The molecule has 7 aromatic carbocycles. The Morgan fingerprint density at radius 3 is 2.14 bits per heavy atom. The zero-order valence-electron chi connectivity index (χ0n) is 51.9. The molecule has 2 aromatic heterocycles. The van der Waals surface area contributed by atoms with E-state index in [0.29, 0.717) is 80.5 Å². The van der Waals surface area contributed by atoms with Crippen molar-refractivity contribution in [2.24, 2.45) is 0 Å². The zero-order valence-corrected chi connectivity index (χ0v) is 57.0. The van der Waals surface area contributed by atoms with E-state index in [1.165, 1.54) is 18.3 Å². The van der Waals surface area contributed by atoms with Crippen molar-refractivity contribution in [2.75, 3.05) is 61.6 Å². The number of carbonyl (C=O) groups excluding carboxylic acids is 2. The Hall–Kier alpha value is -8.27. The van der Waals surface area contributed by atoms with Crippen LogP contribution in [0.4, 0.5) is 17.1 Å². The third-order valence-electron chi connectivity index (χ3n) is 17.2. The molecule has 0 bridgehead atoms. The second-order valence-electron chi connectivity index (χ2n) is 23.2. The van der Waals surface area contributed by atoms with E-state index in [1.807, 2.05) is 41.3 Å². The van der Waals surface area contributed by atoms with E-state index in [4.69, 9.17) is 33.3 Å². The number of ether oxygens (including phenoxy) is 2. The molecule has 2 atom stereocenters. The van der Waals surface area contributed by atoms with Crippen LogP contribution in [0.2, 0.25) is 0 Å². The number of hydrogen-bond donors (Lipinski definition) is 8. The van der Waals surface area contributed by atoms with Crippen LogP contribution in [0.15, 0.2) is 133 Å². The van der Waals surface area contributed by atoms with E-state index < -0.39 is 83.5 Å². The van der Waals surface area contributed by atoms with Crippen molar-refractivity contribution in [3.8, 4) is 11.8 Å². The molecule has 5 heterocycles. The first-order chi connectivity index (χ1) is 47.9. The van der Waals surface area contributed by atoms with Gasteiger partial charge in [0.05, 0.1) is 62.6 Å². The van der Waals surface area contributed by atoms with E-state index in [2.05, 4.69) is 63.9 Å². The molecule has 524 valence electrons. The molecule has 32 nitrogen and oxygen atoms in total. The molecule has 3 aliphatic heterocycles. The first kappa shape index (κ1) is 71.6. The van der Waals surface area contributed by atoms with Crippen LogP contribution < -0.4 is 31.7 Å². The Kier molecular flexibility index (Phi) is 21.0. The van der Waals surface area contributed by atoms with Gasteiger partial charge in [-0.25, -0.2) is 9.67 Å². The van der Waals surface area contributed by atoms with Crippen LogP contribution in [-0.4, -0.2) is 121 Å². The number of aromatic nitrogens is 2. The van der Waals surface area contributed by atoms with Gasteiger partial charge in [-0.2, -0.15) is 16.8 Å². The third-order valence-corrected chi connectivity index (χ3v) is 29.2. The maximum Gasteiger partial charge on any atom is 0.366 e. The quantitative estimate of drug-likeness (QED) is 0.00226. The van der Waals surface area contributed by atoms with Gasteiger partial charge in [-0.15, -0.1) is 4.33 Å². The average molecular weight is 1490 g/mol. The van der Waals surface area contributed by atoms with Gasteiger partial charge < -0.3 is 25.2 Å². The Bertz CT molecular complexity index is 5340. The summed E-state index contributed by atoms with van der Waals surface area (Å²) in [6.45, 7) is -6.05. The van der Waals surface area contributed by atoms with Gasteiger partial charge in [-0.1, -0.05) is 29.3 Å². The smallest absolute Gasteiger partial charge is 0.366 e. The predicted octanol–water partition coefficient (Wildman–Crippen LogP) is 10.2. The van der Waals surface area contributed by atoms with Gasteiger partial charge in [0, 0.05) is 88.8 Å². The fraction of sp³-hybridized carbons (Fsp3) is 0.274. The Morgan fingerprint density at radius 1 is 0.750 bits per heavy atom. The van der Waals surface area contributed by atoms with E-state index >= 15 is 0 Å². The van der Waals surface area contributed by atoms with Crippen LogP contribution in [0.5, 0.6) is 0 Å². The molecule has 0 radical (unpaired) electrons. The van der Waals surface area contributed by atoms with E-state index in [-0.39, 0.29) is 74.9 Å². The summed E-state index contributed by atoms with van der Waals surface area (Å²) in [6, 6.07) is 29.9. The van der Waals surface area contributed by atoms with Crippen LogP contribution in [0.25, 0.3) is 54.3 Å². The van der Waals surface area contributed by atoms with Gasteiger partial charge in [-0.3, -0.25) is 18.7 Å². The summed E-state index contributed by atoms with van der Waals surface area (Å²) in [5, 5.41) is 45.6. The van der Waals surface area contributed by atoms with Gasteiger partial charge in [-0.05, 0) is 102 Å². The van der Waals surface area contributed by atoms with Crippen molar-refractivity contribution in [1.29, 1.82) is 0 Å². The fourth-order valence-corrected chi connectivity index (χ4v) is 18.4. The molecule has 2 amide bonds. The zero-order chi connectivity index (χ0) is 70.9. The summed E-state index contributed by atoms with van der Waals surface area (Å²) in [5.41, 5.74) is 4.98. The second kappa shape index (κ2) is 29.4. The summed E-state index contributed by atoms with van der Waals surface area (Å²) in [6.07, 6.45) is 0.0957. The van der Waals surface area contributed by atoms with Gasteiger partial charge in [0.25, 0.3) is 32.1 Å². The van der Waals surface area contributed by atoms with Crippen molar-refractivity contribution in [2.45, 2.75) is 67.2 Å². The molecule has 1 saturated heterocycles. The molecule has 9 aromatic rings. The topological polar surface area (TPSA) is 442 Å². The number of nitrogens with one attached hydrogen (secondary N) is 3. The van der Waals surface area contributed by atoms with Crippen LogP contribution in [0.3, 0.4) is 0 Å². The van der Waals surface area contributed by atoms with Gasteiger partial charge >= 0.3 is 184 Å². The number of aromatic amines is 1. The molecular formula is C62H58N6O26P3S3+. The standard InChI is InChI=1S/C62H57N6O26P3S3/c69-59(63-21-26-86-25-2-1-4-40-34-68(62(72)65-61(40)71)54-18-14-43(88-54)35-87-97(92-75,93-90-73,95(76)77)96(78)79)37-7-5-36(6-8-37)33-64-60(70)38-9-12-42(13-10-38)67-24-20-48-56(67)50-30-41-28-44(98-94-91-74)15-11-39(41)29-49(50)53-32-52-46-17-16-45(100(83,84)85)31-51(46)55-47(57(52)89-58(48)53)19-23-66(55)22-3-27-99(80,81)82/h5-13,15-17,28-32,34,43,54H,3-4,14,18-27,33,35H2,(H7-,63,64,65,69,70,71,72,73,74,75,80,81,82,83,84,85)/p+1/t43-,54+/m0/s1. The number of amides is 2. The number of hydrogen-bond acceptors (Lipinski definition) is 26. The van der Waals surface area contributed by atoms with Gasteiger partial charge in [0.2, 0.25) is 0 Å². The minimum Gasteiger partial charge on any atom is -0.370 e. The molecule has 3 aliphatic rings. The summed E-state index contributed by atoms with van der Waals surface area (Å²) in [4.78, 5) is 58.6. The summed E-state index contributed by atoms with van der Waals surface area (Å²) >= 11 is 0.820. The van der Waals surface area contributed by atoms with Crippen molar-refractivity contribution in [3.05, 3.63) is 164 Å². The number of anilines is 3. The van der Waals surface area contributed by atoms with Gasteiger partial charge in [0.15, 0.2) is 0 Å². The molecule has 0 aliphatic carbocycles. The van der Waals surface area contributed by atoms with Crippen molar-refractivity contribution < 1.29 is 112 Å². The minimum absolute atomic E-state index is 0.0432. The first-order valence-corrected chi connectivity index (χ1v) is 39.9. The normalized spacial score (nSPS) is 15.8. The molecule has 1 fully saturated rings. The number of fused-ring (bicyclic) bond motifs is 13. The second-order valence-corrected chi connectivity index (χ2v) is 37.1. The predicted molar refractivity (Wildman–Crippen MR) is 360 cm³/mol. The van der Waals surface area contributed by atoms with Crippen molar-refractivity contribution in [3.63, 3.8) is 0 Å². The number of nitrogens with zero attached hydrogens (tertiary/aromatic N) is 3. The largest absolute Gasteiger partial charge is 0.370 e. The van der Waals surface area contributed by atoms with Crippen LogP contribution >= 0.6 is 33.4 Å². The molecule has 38 heteroatoms. The summed E-state index contributed by atoms with van der Waals surface area (Å²) in [5.74, 6) is 4.28. The SMILES string of the molecule is O=C(NCCOCC#CCc1cn([C@H]2CC[C@@H](COP(OO)(OOO)(P(=O)=O)P(=O)=O)O2)c(=O)[nH]c1=O)c1ccc(CNC(=O)c2ccc(N3CCc4c3c3cc5cc(SOOO)ccc5cc3c3cc5c([o+]c43)c3c(c4cc(S(=O)(=O)O)ccc45)N(CCCS(=O)(=O)O)CC3)cc2)cc1.